The Labute approximate surface area is 117 Å². The van der Waals surface area contributed by atoms with E-state index in [9.17, 15) is 0 Å². The number of para-hydroxylation sites is 2. The van der Waals surface area contributed by atoms with Crippen molar-refractivity contribution in [2.45, 2.75) is 46.1 Å². The fraction of sp³-hybridized carbons (Fsp3) is 0.625. The zero-order valence-corrected chi connectivity index (χ0v) is 12.4. The minimum absolute atomic E-state index is 0.213. The monoisotopic (exact) mass is 265 g/mol. The number of rotatable bonds is 10. The van der Waals surface area contributed by atoms with E-state index in [0.29, 0.717) is 0 Å². The molecule has 1 N–H and O–H groups in total. The van der Waals surface area contributed by atoms with Crippen molar-refractivity contribution < 1.29 is 9.47 Å². The van der Waals surface area contributed by atoms with Crippen LogP contribution in [-0.2, 0) is 0 Å². The van der Waals surface area contributed by atoms with Gasteiger partial charge in [-0.1, -0.05) is 26.0 Å². The van der Waals surface area contributed by atoms with E-state index >= 15 is 0 Å². The lowest BCUT2D eigenvalue weighted by molar-refractivity contribution is 0.193. The molecule has 1 aromatic rings. The number of nitrogens with one attached hydrogen (secondary N) is 1. The summed E-state index contributed by atoms with van der Waals surface area (Å²) in [6.07, 6.45) is 3.40. The Hall–Kier alpha value is -1.22. The molecule has 0 saturated carbocycles. The Morgan fingerprint density at radius 2 is 1.89 bits per heavy atom. The molecule has 0 aliphatic heterocycles. The lowest BCUT2D eigenvalue weighted by Gasteiger charge is -2.17. The van der Waals surface area contributed by atoms with E-state index in [-0.39, 0.29) is 6.10 Å². The van der Waals surface area contributed by atoms with Gasteiger partial charge in [-0.25, -0.2) is 0 Å². The van der Waals surface area contributed by atoms with E-state index in [2.05, 4.69) is 26.1 Å². The fourth-order valence-corrected chi connectivity index (χ4v) is 1.85. The van der Waals surface area contributed by atoms with Crippen molar-refractivity contribution in [2.24, 2.45) is 0 Å². The normalized spacial score (nSPS) is 12.2. The summed E-state index contributed by atoms with van der Waals surface area (Å²) in [5.41, 5.74) is 0. The first kappa shape index (κ1) is 15.8. The van der Waals surface area contributed by atoms with Crippen LogP contribution in [0.4, 0.5) is 0 Å². The van der Waals surface area contributed by atoms with Gasteiger partial charge < -0.3 is 14.8 Å². The molecule has 0 fully saturated rings. The standard InChI is InChI=1S/C16H27NO2/c1-4-13-18-15-10-6-7-11-16(15)19-14(3)9-8-12-17-5-2/h6-7,10-11,14,17H,4-5,8-9,12-13H2,1-3H3. The molecule has 0 radical (unpaired) electrons. The molecule has 0 amide bonds. The van der Waals surface area contributed by atoms with Crippen LogP contribution in [0.25, 0.3) is 0 Å². The van der Waals surface area contributed by atoms with Gasteiger partial charge in [0.15, 0.2) is 11.5 Å². The highest BCUT2D eigenvalue weighted by Gasteiger charge is 2.08. The summed E-state index contributed by atoms with van der Waals surface area (Å²) < 4.78 is 11.7. The lowest BCUT2D eigenvalue weighted by atomic mass is 10.2. The van der Waals surface area contributed by atoms with E-state index < -0.39 is 0 Å². The maximum atomic E-state index is 5.97. The van der Waals surface area contributed by atoms with Gasteiger partial charge in [-0.2, -0.15) is 0 Å². The molecular weight excluding hydrogens is 238 g/mol. The predicted molar refractivity (Wildman–Crippen MR) is 80.1 cm³/mol. The molecule has 0 heterocycles. The van der Waals surface area contributed by atoms with Gasteiger partial charge in [-0.3, -0.25) is 0 Å². The molecule has 1 rings (SSSR count). The molecule has 0 aliphatic rings. The summed E-state index contributed by atoms with van der Waals surface area (Å²) in [5, 5.41) is 3.33. The van der Waals surface area contributed by atoms with Crippen molar-refractivity contribution in [3.05, 3.63) is 24.3 Å². The van der Waals surface area contributed by atoms with Crippen LogP contribution in [0.2, 0.25) is 0 Å². The molecule has 0 aliphatic carbocycles. The molecule has 1 unspecified atom stereocenters. The van der Waals surface area contributed by atoms with Crippen LogP contribution in [0.3, 0.4) is 0 Å². The molecule has 19 heavy (non-hydrogen) atoms. The first-order chi connectivity index (χ1) is 9.27. The van der Waals surface area contributed by atoms with Gasteiger partial charge in [0.05, 0.1) is 12.7 Å². The van der Waals surface area contributed by atoms with Crippen LogP contribution in [0.5, 0.6) is 11.5 Å². The van der Waals surface area contributed by atoms with Crippen molar-refractivity contribution in [3.63, 3.8) is 0 Å². The van der Waals surface area contributed by atoms with Gasteiger partial charge in [0, 0.05) is 0 Å². The second kappa shape index (κ2) is 9.68. The third-order valence-corrected chi connectivity index (χ3v) is 2.85. The SMILES string of the molecule is CCCOc1ccccc1OC(C)CCCNCC. The molecule has 3 heteroatoms. The van der Waals surface area contributed by atoms with E-state index in [1.165, 1.54) is 0 Å². The van der Waals surface area contributed by atoms with Crippen LogP contribution in [0.15, 0.2) is 24.3 Å². The zero-order chi connectivity index (χ0) is 13.9. The second-order valence-corrected chi connectivity index (χ2v) is 4.72. The van der Waals surface area contributed by atoms with Crippen LogP contribution in [-0.4, -0.2) is 25.8 Å². The van der Waals surface area contributed by atoms with Gasteiger partial charge >= 0.3 is 0 Å². The number of hydrogen-bond acceptors (Lipinski definition) is 3. The molecule has 108 valence electrons. The summed E-state index contributed by atoms with van der Waals surface area (Å²) >= 11 is 0. The van der Waals surface area contributed by atoms with Crippen molar-refractivity contribution in [1.29, 1.82) is 0 Å². The van der Waals surface area contributed by atoms with Crippen molar-refractivity contribution in [1.82, 2.24) is 5.32 Å². The topological polar surface area (TPSA) is 30.5 Å². The van der Waals surface area contributed by atoms with Crippen molar-refractivity contribution in [3.8, 4) is 11.5 Å². The molecule has 3 nitrogen and oxygen atoms in total. The van der Waals surface area contributed by atoms with Gasteiger partial charge in [0.1, 0.15) is 0 Å². The Morgan fingerprint density at radius 1 is 1.16 bits per heavy atom. The van der Waals surface area contributed by atoms with Gasteiger partial charge in [-0.05, 0) is 51.4 Å². The van der Waals surface area contributed by atoms with Crippen LogP contribution in [0.1, 0.15) is 40.0 Å². The average molecular weight is 265 g/mol. The quantitative estimate of drug-likeness (QED) is 0.655. The lowest BCUT2D eigenvalue weighted by Crippen LogP contribution is -2.18. The molecule has 1 atom stereocenters. The minimum atomic E-state index is 0.213. The van der Waals surface area contributed by atoms with Crippen molar-refractivity contribution in [2.75, 3.05) is 19.7 Å². The summed E-state index contributed by atoms with van der Waals surface area (Å²) in [6.45, 7) is 9.16. The smallest absolute Gasteiger partial charge is 0.161 e. The van der Waals surface area contributed by atoms with Crippen molar-refractivity contribution >= 4 is 0 Å². The highest BCUT2D eigenvalue weighted by molar-refractivity contribution is 5.39. The number of hydrogen-bond donors (Lipinski definition) is 1. The molecule has 1 aromatic carbocycles. The second-order valence-electron chi connectivity index (χ2n) is 4.72. The van der Waals surface area contributed by atoms with Gasteiger partial charge in [0.2, 0.25) is 0 Å². The largest absolute Gasteiger partial charge is 0.490 e. The number of benzene rings is 1. The number of ether oxygens (including phenoxy) is 2. The Morgan fingerprint density at radius 3 is 2.58 bits per heavy atom. The third kappa shape index (κ3) is 6.48. The van der Waals surface area contributed by atoms with E-state index in [0.717, 1.165) is 50.5 Å². The fourth-order valence-electron chi connectivity index (χ4n) is 1.85. The predicted octanol–water partition coefficient (Wildman–Crippen LogP) is 3.63. The highest BCUT2D eigenvalue weighted by atomic mass is 16.5. The molecule has 0 spiro atoms. The maximum absolute atomic E-state index is 5.97. The van der Waals surface area contributed by atoms with E-state index in [4.69, 9.17) is 9.47 Å². The Kier molecular flexibility index (Phi) is 8.07. The van der Waals surface area contributed by atoms with Crippen LogP contribution < -0.4 is 14.8 Å². The van der Waals surface area contributed by atoms with E-state index in [1.807, 2.05) is 24.3 Å². The summed E-state index contributed by atoms with van der Waals surface area (Å²) in [5.74, 6) is 1.70. The highest BCUT2D eigenvalue weighted by Crippen LogP contribution is 2.28. The van der Waals surface area contributed by atoms with Crippen LogP contribution >= 0.6 is 0 Å². The molecule has 0 bridgehead atoms. The van der Waals surface area contributed by atoms with E-state index in [1.54, 1.807) is 0 Å². The van der Waals surface area contributed by atoms with Gasteiger partial charge in [-0.15, -0.1) is 0 Å². The minimum Gasteiger partial charge on any atom is -0.490 e. The summed E-state index contributed by atoms with van der Waals surface area (Å²) in [4.78, 5) is 0. The summed E-state index contributed by atoms with van der Waals surface area (Å²) in [6, 6.07) is 7.91. The Balaban J connectivity index is 2.41. The first-order valence-corrected chi connectivity index (χ1v) is 7.37. The van der Waals surface area contributed by atoms with Gasteiger partial charge in [0.25, 0.3) is 0 Å². The summed E-state index contributed by atoms with van der Waals surface area (Å²) in [7, 11) is 0. The maximum Gasteiger partial charge on any atom is 0.161 e. The average Bonchev–Trinajstić information content (AvgIpc) is 2.43. The third-order valence-electron chi connectivity index (χ3n) is 2.85. The van der Waals surface area contributed by atoms with Crippen LogP contribution in [0, 0.1) is 0 Å². The zero-order valence-electron chi connectivity index (χ0n) is 12.4. The molecule has 0 saturated heterocycles. The Bertz CT molecular complexity index is 341. The molecule has 0 aromatic heterocycles. The molecular formula is C16H27NO2. The first-order valence-electron chi connectivity index (χ1n) is 7.37.